The molecule has 10 aromatic rings. The zero-order chi connectivity index (χ0) is 44.9. The largest absolute Gasteiger partial charge is 0.208 e. The highest BCUT2D eigenvalue weighted by molar-refractivity contribution is 5.97. The molecule has 9 aromatic carbocycles. The Morgan fingerprint density at radius 3 is 0.871 bits per heavy atom. The normalized spacial score (nSPS) is 15.5. The van der Waals surface area contributed by atoms with Crippen LogP contribution in [0.4, 0.5) is 0 Å². The topological polar surface area (TPSA) is 38.7 Å². The summed E-state index contributed by atoms with van der Waals surface area (Å²) in [4.78, 5) is 15.4. The second-order valence-corrected chi connectivity index (χ2v) is 16.6. The van der Waals surface area contributed by atoms with E-state index >= 15 is 0 Å². The fraction of sp³-hybridized carbons (Fsp3) is 0.0339. The van der Waals surface area contributed by atoms with Crippen LogP contribution in [0.5, 0.6) is 0 Å². The highest BCUT2D eigenvalue weighted by Gasteiger charge is 2.53. The molecular formula is C59H35N3. The Kier molecular flexibility index (Phi) is 5.79. The average Bonchev–Trinajstić information content (AvgIpc) is 4.06. The molecule has 0 bridgehead atoms. The summed E-state index contributed by atoms with van der Waals surface area (Å²) in [6.07, 6.45) is 0. The lowest BCUT2D eigenvalue weighted by molar-refractivity contribution is 0.793. The predicted molar refractivity (Wildman–Crippen MR) is 249 cm³/mol. The Hall–Kier alpha value is -8.01. The molecule has 14 rings (SSSR count). The molecule has 62 heavy (non-hydrogen) atoms. The van der Waals surface area contributed by atoms with Crippen LogP contribution in [0.2, 0.25) is 0 Å². The van der Waals surface area contributed by atoms with Crippen LogP contribution in [0, 0.1) is 0 Å². The molecule has 2 spiro atoms. The van der Waals surface area contributed by atoms with Gasteiger partial charge < -0.3 is 0 Å². The van der Waals surface area contributed by atoms with Crippen molar-refractivity contribution in [3.05, 3.63) is 257 Å². The Balaban J connectivity index is 1.03. The number of aromatic nitrogens is 3. The van der Waals surface area contributed by atoms with Crippen molar-refractivity contribution in [2.45, 2.75) is 10.8 Å². The molecule has 0 aliphatic heterocycles. The second kappa shape index (κ2) is 12.3. The van der Waals surface area contributed by atoms with E-state index in [9.17, 15) is 0 Å². The lowest BCUT2D eigenvalue weighted by Gasteiger charge is -2.30. The van der Waals surface area contributed by atoms with Gasteiger partial charge in [0, 0.05) is 16.7 Å². The first-order valence-corrected chi connectivity index (χ1v) is 21.0. The van der Waals surface area contributed by atoms with Gasteiger partial charge in [0.2, 0.25) is 0 Å². The van der Waals surface area contributed by atoms with Gasteiger partial charge in [-0.05, 0) is 101 Å². The fourth-order valence-corrected chi connectivity index (χ4v) is 11.6. The van der Waals surface area contributed by atoms with Gasteiger partial charge in [-0.15, -0.1) is 0 Å². The van der Waals surface area contributed by atoms with E-state index in [0.29, 0.717) is 22.8 Å². The molecule has 3 heteroatoms. The third-order valence-corrected chi connectivity index (χ3v) is 13.9. The summed E-state index contributed by atoms with van der Waals surface area (Å²) >= 11 is 0. The van der Waals surface area contributed by atoms with E-state index in [0.717, 1.165) is 33.4 Å². The van der Waals surface area contributed by atoms with Gasteiger partial charge in [-0.1, -0.05) is 200 Å². The third kappa shape index (κ3) is 4.17. The highest BCUT2D eigenvalue weighted by Crippen LogP contribution is 2.64. The summed E-state index contributed by atoms with van der Waals surface area (Å²) in [7, 11) is 0. The summed E-state index contributed by atoms with van der Waals surface area (Å²) < 4.78 is 43.9. The van der Waals surface area contributed by atoms with Crippen LogP contribution < -0.4 is 0 Å². The summed E-state index contributed by atoms with van der Waals surface area (Å²) in [6, 6.07) is 62.6. The molecule has 0 unspecified atom stereocenters. The predicted octanol–water partition coefficient (Wildman–Crippen LogP) is 13.6. The molecule has 0 N–H and O–H groups in total. The van der Waals surface area contributed by atoms with Gasteiger partial charge in [-0.3, -0.25) is 0 Å². The van der Waals surface area contributed by atoms with Gasteiger partial charge in [0.15, 0.2) is 17.5 Å². The molecule has 4 aliphatic carbocycles. The van der Waals surface area contributed by atoms with Crippen LogP contribution in [-0.2, 0) is 10.8 Å². The van der Waals surface area contributed by atoms with Crippen LogP contribution in [0.25, 0.3) is 78.7 Å². The van der Waals surface area contributed by atoms with Gasteiger partial charge in [0.05, 0.1) is 17.7 Å². The number of benzene rings is 9. The molecule has 3 nitrogen and oxygen atoms in total. The highest BCUT2D eigenvalue weighted by atomic mass is 15.0. The number of rotatable bonds is 3. The van der Waals surface area contributed by atoms with Crippen LogP contribution >= 0.6 is 0 Å². The number of hydrogen-bond acceptors (Lipinski definition) is 3. The van der Waals surface area contributed by atoms with Crippen molar-refractivity contribution in [3.63, 3.8) is 0 Å². The molecule has 0 saturated carbocycles. The minimum atomic E-state index is -0.613. The Morgan fingerprint density at radius 1 is 0.274 bits per heavy atom. The van der Waals surface area contributed by atoms with Gasteiger partial charge in [-0.2, -0.15) is 0 Å². The van der Waals surface area contributed by atoms with Gasteiger partial charge in [-0.25, -0.2) is 15.0 Å². The van der Waals surface area contributed by atoms with E-state index in [1.165, 1.54) is 55.6 Å². The lowest BCUT2D eigenvalue weighted by Crippen LogP contribution is -2.26. The molecule has 0 radical (unpaired) electrons. The van der Waals surface area contributed by atoms with Crippen molar-refractivity contribution >= 4 is 0 Å². The Bertz CT molecular complexity index is 3490. The molecule has 0 amide bonds. The van der Waals surface area contributed by atoms with Gasteiger partial charge in [0.25, 0.3) is 0 Å². The van der Waals surface area contributed by atoms with Crippen LogP contribution in [-0.4, -0.2) is 15.0 Å². The van der Waals surface area contributed by atoms with Crippen molar-refractivity contribution in [2.24, 2.45) is 0 Å². The summed E-state index contributed by atoms with van der Waals surface area (Å²) in [5.41, 5.74) is 18.9. The first-order chi connectivity index (χ1) is 32.8. The maximum atomic E-state index is 9.09. The molecular weight excluding hydrogens is 751 g/mol. The zero-order valence-corrected chi connectivity index (χ0v) is 33.2. The van der Waals surface area contributed by atoms with E-state index < -0.39 is 29.0 Å². The van der Waals surface area contributed by atoms with Crippen LogP contribution in [0.3, 0.4) is 0 Å². The fourth-order valence-electron chi connectivity index (χ4n) is 11.6. The number of nitrogens with zero attached hydrogens (tertiary/aromatic N) is 3. The smallest absolute Gasteiger partial charge is 0.164 e. The van der Waals surface area contributed by atoms with Crippen molar-refractivity contribution in [1.29, 1.82) is 0 Å². The number of hydrogen-bond donors (Lipinski definition) is 0. The number of fused-ring (bicyclic) bond motifs is 20. The second-order valence-electron chi connectivity index (χ2n) is 16.6. The minimum absolute atomic E-state index is 0.00195. The van der Waals surface area contributed by atoms with Crippen molar-refractivity contribution in [2.75, 3.05) is 0 Å². The SMILES string of the molecule is [2H]c1c([2H])c([2H])c(-c2nc(-c3ccc4c(c3)C3(c5ccccc5-c5ccccc53)c3ccccc3-4)nc(-c3ccc4c(c3)C3(c5ccccc5-c5ccccc53)c3ccccc3-4)n2)c([2H])c1[2H]. The Morgan fingerprint density at radius 2 is 0.548 bits per heavy atom. The van der Waals surface area contributed by atoms with Crippen molar-refractivity contribution < 1.29 is 6.85 Å². The van der Waals surface area contributed by atoms with Gasteiger partial charge >= 0.3 is 0 Å². The van der Waals surface area contributed by atoms with Crippen molar-refractivity contribution in [1.82, 2.24) is 15.0 Å². The summed E-state index contributed by atoms with van der Waals surface area (Å²) in [5, 5.41) is 0. The first kappa shape index (κ1) is 29.3. The maximum absolute atomic E-state index is 9.09. The molecule has 286 valence electrons. The molecule has 4 aliphatic rings. The molecule has 1 heterocycles. The molecule has 1 aromatic heterocycles. The van der Waals surface area contributed by atoms with Crippen molar-refractivity contribution in [3.8, 4) is 78.7 Å². The van der Waals surface area contributed by atoms with Gasteiger partial charge in [0.1, 0.15) is 0 Å². The van der Waals surface area contributed by atoms with Crippen LogP contribution in [0.15, 0.2) is 212 Å². The molecule has 0 saturated heterocycles. The lowest BCUT2D eigenvalue weighted by atomic mass is 9.70. The van der Waals surface area contributed by atoms with E-state index in [1.54, 1.807) is 0 Å². The van der Waals surface area contributed by atoms with E-state index in [1.807, 2.05) is 12.1 Å². The Labute approximate surface area is 366 Å². The van der Waals surface area contributed by atoms with E-state index in [-0.39, 0.29) is 23.5 Å². The van der Waals surface area contributed by atoms with E-state index in [4.69, 9.17) is 21.8 Å². The first-order valence-electron chi connectivity index (χ1n) is 23.5. The minimum Gasteiger partial charge on any atom is -0.208 e. The van der Waals surface area contributed by atoms with Crippen LogP contribution in [0.1, 0.15) is 51.4 Å². The standard InChI is InChI=1S/C59H35N3/c1-2-16-36(17-3-1)55-60-56(37-30-32-45-43-22-8-14-28-51(43)58(53(45)34-37)47-24-10-4-18-39(47)40-19-5-11-25-48(40)58)62-57(61-55)38-31-33-46-44-23-9-15-29-52(44)59(54(46)35-38)49-26-12-6-20-41(49)42-21-7-13-27-50(42)59/h1-35H/i1D,2D,3D,16D,17D. The van der Waals surface area contributed by atoms with E-state index in [2.05, 4.69) is 170 Å². The monoisotopic (exact) mass is 790 g/mol. The molecule has 0 atom stereocenters. The zero-order valence-electron chi connectivity index (χ0n) is 38.2. The summed E-state index contributed by atoms with van der Waals surface area (Å²) in [6.45, 7) is 0. The average molecular weight is 791 g/mol. The maximum Gasteiger partial charge on any atom is 0.164 e. The quantitative estimate of drug-likeness (QED) is 0.179. The molecule has 0 fully saturated rings. The third-order valence-electron chi connectivity index (χ3n) is 13.9. The summed E-state index contributed by atoms with van der Waals surface area (Å²) in [5.74, 6) is 0.660.